The van der Waals surface area contributed by atoms with Crippen molar-refractivity contribution < 1.29 is 37.5 Å². The molecule has 44 heavy (non-hydrogen) atoms. The number of para-hydroxylation sites is 4. The summed E-state index contributed by atoms with van der Waals surface area (Å²) in [6, 6.07) is 16.6. The molecule has 4 saturated heterocycles. The maximum Gasteiger partial charge on any atom is 0.253 e. The molecule has 0 bridgehead atoms. The third-order valence-corrected chi connectivity index (χ3v) is 9.05. The number of nitrogens with zero attached hydrogens (tertiary/aromatic N) is 4. The lowest BCUT2D eigenvalue weighted by Gasteiger charge is -2.34. The third kappa shape index (κ3) is 3.34. The molecule has 6 heterocycles. The van der Waals surface area contributed by atoms with E-state index in [0.717, 1.165) is 9.80 Å². The van der Waals surface area contributed by atoms with Gasteiger partial charge in [-0.3, -0.25) is 19.2 Å². The zero-order valence-electron chi connectivity index (χ0n) is 23.6. The maximum absolute atomic E-state index is 14.4. The van der Waals surface area contributed by atoms with Crippen LogP contribution in [0.15, 0.2) is 94.2 Å². The number of hydrogen-bond acceptors (Lipinski definition) is 10. The average Bonchev–Trinajstić information content (AvgIpc) is 3.88. The van der Waals surface area contributed by atoms with Crippen molar-refractivity contribution in [2.24, 2.45) is 11.8 Å². The van der Waals surface area contributed by atoms with Crippen molar-refractivity contribution in [1.82, 2.24) is 10.0 Å². The molecule has 8 rings (SSSR count). The fraction of sp³-hybridized carbons (Fsp3) is 0.250. The number of furan rings is 2. The van der Waals surface area contributed by atoms with Gasteiger partial charge in [-0.15, -0.1) is 0 Å². The van der Waals surface area contributed by atoms with E-state index in [1.54, 1.807) is 82.8 Å². The molecular weight excluding hydrogens is 568 g/mol. The quantitative estimate of drug-likeness (QED) is 0.307. The largest absolute Gasteiger partial charge is 0.495 e. The van der Waals surface area contributed by atoms with Gasteiger partial charge in [0.25, 0.3) is 11.8 Å². The van der Waals surface area contributed by atoms with E-state index in [9.17, 15) is 19.2 Å². The highest BCUT2D eigenvalue weighted by Crippen LogP contribution is 2.60. The Morgan fingerprint density at radius 2 is 0.932 bits per heavy atom. The maximum atomic E-state index is 14.4. The molecule has 0 unspecified atom stereocenters. The van der Waals surface area contributed by atoms with E-state index in [0.29, 0.717) is 34.4 Å². The van der Waals surface area contributed by atoms with Crippen LogP contribution in [-0.4, -0.2) is 59.9 Å². The van der Waals surface area contributed by atoms with Gasteiger partial charge in [-0.2, -0.15) is 0 Å². The number of benzene rings is 2. The van der Waals surface area contributed by atoms with Gasteiger partial charge in [-0.05, 0) is 48.5 Å². The number of fused-ring (bicyclic) bond motifs is 5. The molecule has 4 aromatic rings. The average molecular weight is 595 g/mol. The zero-order chi connectivity index (χ0) is 30.3. The van der Waals surface area contributed by atoms with Crippen molar-refractivity contribution in [3.8, 4) is 11.5 Å². The molecule has 12 nitrogen and oxygen atoms in total. The summed E-state index contributed by atoms with van der Waals surface area (Å²) in [5, 5.41) is 3.41. The summed E-state index contributed by atoms with van der Waals surface area (Å²) in [5.41, 5.74) is 0.625. The zero-order valence-corrected chi connectivity index (χ0v) is 23.6. The van der Waals surface area contributed by atoms with E-state index in [-0.39, 0.29) is 0 Å². The molecule has 4 fully saturated rings. The molecule has 222 valence electrons. The summed E-state index contributed by atoms with van der Waals surface area (Å²) in [6.07, 6.45) is 2.96. The first kappa shape index (κ1) is 26.4. The molecule has 0 N–H and O–H groups in total. The minimum atomic E-state index is -1.05. The number of rotatable bonds is 6. The van der Waals surface area contributed by atoms with Crippen molar-refractivity contribution in [2.75, 3.05) is 24.0 Å². The molecule has 0 saturated carbocycles. The van der Waals surface area contributed by atoms with Crippen LogP contribution >= 0.6 is 0 Å². The van der Waals surface area contributed by atoms with Gasteiger partial charge in [0, 0.05) is 0 Å². The lowest BCUT2D eigenvalue weighted by Crippen LogP contribution is -2.50. The van der Waals surface area contributed by atoms with Crippen molar-refractivity contribution in [1.29, 1.82) is 0 Å². The summed E-state index contributed by atoms with van der Waals surface area (Å²) >= 11 is 0. The Morgan fingerprint density at radius 3 is 1.30 bits per heavy atom. The lowest BCUT2D eigenvalue weighted by atomic mass is 9.87. The third-order valence-electron chi connectivity index (χ3n) is 9.05. The van der Waals surface area contributed by atoms with Crippen LogP contribution < -0.4 is 19.3 Å². The molecule has 0 aliphatic carbocycles. The number of carbonyl (C=O) groups is 4. The Hall–Kier alpha value is -5.20. The van der Waals surface area contributed by atoms with Crippen molar-refractivity contribution in [3.05, 3.63) is 96.8 Å². The summed E-state index contributed by atoms with van der Waals surface area (Å²) in [5.74, 6) is -2.34. The number of hydrazine groups is 1. The Bertz CT molecular complexity index is 1670. The van der Waals surface area contributed by atoms with Crippen molar-refractivity contribution in [3.63, 3.8) is 0 Å². The summed E-state index contributed by atoms with van der Waals surface area (Å²) in [4.78, 5) is 59.8. The van der Waals surface area contributed by atoms with Crippen LogP contribution in [0.4, 0.5) is 11.4 Å². The minimum absolute atomic E-state index is 0.313. The highest BCUT2D eigenvalue weighted by atomic mass is 16.5. The molecule has 4 aliphatic rings. The second kappa shape index (κ2) is 9.66. The number of carbonyl (C=O) groups excluding carboxylic acids is 4. The number of methoxy groups -OCH3 is 2. The topological polar surface area (TPSA) is 126 Å². The molecule has 12 heteroatoms. The molecule has 0 radical (unpaired) electrons. The predicted molar refractivity (Wildman–Crippen MR) is 152 cm³/mol. The summed E-state index contributed by atoms with van der Waals surface area (Å²) < 4.78 is 22.7. The van der Waals surface area contributed by atoms with Gasteiger partial charge in [0.1, 0.15) is 35.1 Å². The molecule has 2 aromatic heterocycles. The number of hydrogen-bond donors (Lipinski definition) is 0. The fourth-order valence-corrected chi connectivity index (χ4v) is 7.42. The van der Waals surface area contributed by atoms with Crippen LogP contribution in [0.5, 0.6) is 11.5 Å². The molecule has 2 aromatic carbocycles. The van der Waals surface area contributed by atoms with Crippen LogP contribution in [0.1, 0.15) is 23.6 Å². The molecule has 0 spiro atoms. The van der Waals surface area contributed by atoms with Gasteiger partial charge in [0.2, 0.25) is 11.8 Å². The molecule has 6 atom stereocenters. The van der Waals surface area contributed by atoms with Gasteiger partial charge >= 0.3 is 0 Å². The smallest absolute Gasteiger partial charge is 0.253 e. The molecule has 4 aliphatic heterocycles. The fourth-order valence-electron chi connectivity index (χ4n) is 7.42. The first-order valence-corrected chi connectivity index (χ1v) is 14.1. The van der Waals surface area contributed by atoms with E-state index >= 15 is 0 Å². The first-order valence-electron chi connectivity index (χ1n) is 14.1. The predicted octanol–water partition coefficient (Wildman–Crippen LogP) is 3.33. The Balaban J connectivity index is 1.31. The number of anilines is 2. The van der Waals surface area contributed by atoms with Crippen LogP contribution in [0.25, 0.3) is 0 Å². The van der Waals surface area contributed by atoms with Crippen LogP contribution in [0.3, 0.4) is 0 Å². The van der Waals surface area contributed by atoms with E-state index in [2.05, 4.69) is 0 Å². The lowest BCUT2D eigenvalue weighted by molar-refractivity contribution is -0.136. The minimum Gasteiger partial charge on any atom is -0.495 e. The SMILES string of the molecule is COc1ccccc1N1C(=O)[C@@H]2[C@@H](C1=O)N1[C@@H](c3ccco3)[C@H]3C(=O)N(c4ccccc4OC)C(=O)[C@@H]3N1[C@@H]2c1ccco1. The number of ether oxygens (including phenoxy) is 2. The molecule has 4 amide bonds. The van der Waals surface area contributed by atoms with Gasteiger partial charge in [0.05, 0.1) is 62.0 Å². The first-order chi connectivity index (χ1) is 21.5. The second-order valence-electron chi connectivity index (χ2n) is 11.0. The van der Waals surface area contributed by atoms with E-state index < -0.39 is 59.6 Å². The van der Waals surface area contributed by atoms with Crippen LogP contribution in [0, 0.1) is 11.8 Å². The van der Waals surface area contributed by atoms with Crippen LogP contribution in [-0.2, 0) is 19.2 Å². The summed E-state index contributed by atoms with van der Waals surface area (Å²) in [6.45, 7) is 0. The molecular formula is C32H26N4O8. The van der Waals surface area contributed by atoms with Gasteiger partial charge in [-0.1, -0.05) is 24.3 Å². The van der Waals surface area contributed by atoms with Gasteiger partial charge in [0.15, 0.2) is 0 Å². The van der Waals surface area contributed by atoms with E-state index in [4.69, 9.17) is 18.3 Å². The monoisotopic (exact) mass is 594 g/mol. The number of imide groups is 2. The van der Waals surface area contributed by atoms with Gasteiger partial charge in [-0.25, -0.2) is 19.8 Å². The number of amides is 4. The van der Waals surface area contributed by atoms with E-state index in [1.165, 1.54) is 26.7 Å². The Morgan fingerprint density at radius 1 is 0.523 bits per heavy atom. The van der Waals surface area contributed by atoms with Crippen molar-refractivity contribution in [2.45, 2.75) is 24.2 Å². The second-order valence-corrected chi connectivity index (χ2v) is 11.0. The highest BCUT2D eigenvalue weighted by molar-refractivity contribution is 6.26. The normalized spacial score (nSPS) is 28.1. The van der Waals surface area contributed by atoms with E-state index in [1.807, 2.05) is 0 Å². The summed E-state index contributed by atoms with van der Waals surface area (Å²) in [7, 11) is 2.94. The Kier molecular flexibility index (Phi) is 5.80. The highest BCUT2D eigenvalue weighted by Gasteiger charge is 2.74. The van der Waals surface area contributed by atoms with Gasteiger partial charge < -0.3 is 18.3 Å². The standard InChI is InChI=1S/C32H26N4O8/c1-41-19-11-5-3-9-17(19)33-29(37)23-25(21-13-7-15-43-21)36-28-24(26(22-14-8-16-44-22)35(36)27(23)31(33)39)30(38)34(32(28)40)18-10-4-6-12-20(18)42-2/h3-16,23-28H,1-2H3/t23-,24+,25+,26-,27-,28+. The van der Waals surface area contributed by atoms with Crippen LogP contribution in [0.2, 0.25) is 0 Å². The van der Waals surface area contributed by atoms with Crippen molar-refractivity contribution >= 4 is 35.0 Å². The Labute approximate surface area is 250 Å².